The van der Waals surface area contributed by atoms with Crippen molar-refractivity contribution in [1.29, 1.82) is 0 Å². The molecule has 1 aromatic carbocycles. The maximum atomic E-state index is 11.4. The van der Waals surface area contributed by atoms with E-state index in [-0.39, 0.29) is 5.97 Å². The summed E-state index contributed by atoms with van der Waals surface area (Å²) in [5.41, 5.74) is 2.53. The van der Waals surface area contributed by atoms with E-state index in [9.17, 15) is 4.79 Å². The second-order valence-electron chi connectivity index (χ2n) is 4.49. The summed E-state index contributed by atoms with van der Waals surface area (Å²) in [6.07, 6.45) is 1.46. The molecule has 0 atom stereocenters. The van der Waals surface area contributed by atoms with Crippen molar-refractivity contribution >= 4 is 28.6 Å². The van der Waals surface area contributed by atoms with Crippen LogP contribution in [0.3, 0.4) is 0 Å². The molecule has 2 aromatic heterocycles. The summed E-state index contributed by atoms with van der Waals surface area (Å²) in [6, 6.07) is 6.89. The first kappa shape index (κ1) is 13.9. The number of anilines is 2. The number of ether oxygens (including phenoxy) is 1. The highest BCUT2D eigenvalue weighted by atomic mass is 16.5. The normalized spacial score (nSPS) is 10.6. The molecule has 0 amide bonds. The number of nitrogens with zero attached hydrogens (tertiary/aromatic N) is 5. The lowest BCUT2D eigenvalue weighted by molar-refractivity contribution is 0.0601. The van der Waals surface area contributed by atoms with Crippen molar-refractivity contribution < 1.29 is 9.53 Å². The average molecular weight is 298 g/mol. The highest BCUT2D eigenvalue weighted by Crippen LogP contribution is 2.21. The lowest BCUT2D eigenvalue weighted by Crippen LogP contribution is -2.02. The van der Waals surface area contributed by atoms with Crippen molar-refractivity contribution in [2.75, 3.05) is 12.4 Å². The molecule has 0 saturated carbocycles. The summed E-state index contributed by atoms with van der Waals surface area (Å²) in [5, 5.41) is 11.3. The Hall–Kier alpha value is -3.03. The van der Waals surface area contributed by atoms with Crippen LogP contribution in [0.1, 0.15) is 17.3 Å². The van der Waals surface area contributed by atoms with Crippen LogP contribution in [0.15, 0.2) is 30.6 Å². The lowest BCUT2D eigenvalue weighted by atomic mass is 10.2. The van der Waals surface area contributed by atoms with Gasteiger partial charge in [-0.3, -0.25) is 0 Å². The first-order valence-electron chi connectivity index (χ1n) is 6.72. The van der Waals surface area contributed by atoms with Crippen LogP contribution in [-0.2, 0) is 11.3 Å². The van der Waals surface area contributed by atoms with E-state index in [1.807, 2.05) is 6.92 Å². The molecule has 0 fully saturated rings. The Morgan fingerprint density at radius 1 is 1.27 bits per heavy atom. The van der Waals surface area contributed by atoms with Crippen LogP contribution in [-0.4, -0.2) is 38.0 Å². The van der Waals surface area contributed by atoms with Crippen LogP contribution in [0, 0.1) is 0 Å². The number of carbonyl (C=O) groups excluding carboxylic acids is 1. The molecular formula is C14H14N6O2. The molecule has 8 heteroatoms. The fraction of sp³-hybridized carbons (Fsp3) is 0.214. The highest BCUT2D eigenvalue weighted by molar-refractivity contribution is 5.90. The molecular weight excluding hydrogens is 284 g/mol. The lowest BCUT2D eigenvalue weighted by Gasteiger charge is -2.06. The Kier molecular flexibility index (Phi) is 3.65. The van der Waals surface area contributed by atoms with Gasteiger partial charge in [-0.2, -0.15) is 0 Å². The second kappa shape index (κ2) is 5.76. The third kappa shape index (κ3) is 2.46. The van der Waals surface area contributed by atoms with Crippen LogP contribution in [0.25, 0.3) is 11.2 Å². The van der Waals surface area contributed by atoms with Crippen molar-refractivity contribution in [2.45, 2.75) is 13.5 Å². The molecule has 0 unspecified atom stereocenters. The molecule has 112 valence electrons. The van der Waals surface area contributed by atoms with E-state index in [4.69, 9.17) is 0 Å². The van der Waals surface area contributed by atoms with Gasteiger partial charge in [0.25, 0.3) is 0 Å². The Bertz CT molecular complexity index is 812. The molecule has 0 aliphatic heterocycles. The molecule has 0 radical (unpaired) electrons. The number of aryl methyl sites for hydroxylation is 1. The van der Waals surface area contributed by atoms with Gasteiger partial charge in [-0.15, -0.1) is 5.10 Å². The summed E-state index contributed by atoms with van der Waals surface area (Å²) < 4.78 is 6.36. The Morgan fingerprint density at radius 3 is 2.73 bits per heavy atom. The number of esters is 1. The van der Waals surface area contributed by atoms with Crippen molar-refractivity contribution in [3.63, 3.8) is 0 Å². The second-order valence-corrected chi connectivity index (χ2v) is 4.49. The van der Waals surface area contributed by atoms with Gasteiger partial charge in [0.15, 0.2) is 17.0 Å². The van der Waals surface area contributed by atoms with Gasteiger partial charge in [0.2, 0.25) is 0 Å². The van der Waals surface area contributed by atoms with Crippen molar-refractivity contribution in [1.82, 2.24) is 25.0 Å². The van der Waals surface area contributed by atoms with Crippen molar-refractivity contribution in [3.05, 3.63) is 36.2 Å². The van der Waals surface area contributed by atoms with Crippen LogP contribution in [0.2, 0.25) is 0 Å². The number of hydrogen-bond acceptors (Lipinski definition) is 7. The predicted octanol–water partition coefficient (Wildman–Crippen LogP) is 1.77. The van der Waals surface area contributed by atoms with E-state index in [1.165, 1.54) is 13.4 Å². The fourth-order valence-corrected chi connectivity index (χ4v) is 2.04. The van der Waals surface area contributed by atoms with Gasteiger partial charge in [0.05, 0.1) is 12.7 Å². The number of aromatic nitrogens is 5. The number of carbonyl (C=O) groups is 1. The topological polar surface area (TPSA) is 94.8 Å². The summed E-state index contributed by atoms with van der Waals surface area (Å²) in [7, 11) is 1.35. The van der Waals surface area contributed by atoms with Gasteiger partial charge in [0.1, 0.15) is 6.33 Å². The number of rotatable bonds is 4. The first-order valence-corrected chi connectivity index (χ1v) is 6.72. The predicted molar refractivity (Wildman–Crippen MR) is 79.9 cm³/mol. The number of nitrogens with one attached hydrogen (secondary N) is 1. The van der Waals surface area contributed by atoms with Gasteiger partial charge >= 0.3 is 5.97 Å². The number of methoxy groups -OCH3 is 1. The van der Waals surface area contributed by atoms with Gasteiger partial charge in [-0.1, -0.05) is 5.21 Å². The zero-order valence-electron chi connectivity index (χ0n) is 12.1. The SMILES string of the molecule is CCn1nnc2c(Nc3ccc(C(=O)OC)cc3)ncnc21. The molecule has 2 heterocycles. The third-order valence-electron chi connectivity index (χ3n) is 3.17. The molecule has 8 nitrogen and oxygen atoms in total. The van der Waals surface area contributed by atoms with Crippen LogP contribution in [0.5, 0.6) is 0 Å². The molecule has 0 spiro atoms. The molecule has 1 N–H and O–H groups in total. The van der Waals surface area contributed by atoms with E-state index in [2.05, 4.69) is 30.3 Å². The van der Waals surface area contributed by atoms with Crippen molar-refractivity contribution in [2.24, 2.45) is 0 Å². The molecule has 0 bridgehead atoms. The molecule has 3 rings (SSSR count). The molecule has 0 aliphatic rings. The number of benzene rings is 1. The third-order valence-corrected chi connectivity index (χ3v) is 3.17. The maximum Gasteiger partial charge on any atom is 0.337 e. The number of hydrogen-bond donors (Lipinski definition) is 1. The minimum absolute atomic E-state index is 0.373. The Morgan fingerprint density at radius 2 is 2.05 bits per heavy atom. The summed E-state index contributed by atoms with van der Waals surface area (Å²) in [5.74, 6) is 0.192. The Labute approximate surface area is 126 Å². The monoisotopic (exact) mass is 298 g/mol. The smallest absolute Gasteiger partial charge is 0.337 e. The van der Waals surface area contributed by atoms with Gasteiger partial charge < -0.3 is 10.1 Å². The van der Waals surface area contributed by atoms with Gasteiger partial charge in [-0.25, -0.2) is 19.4 Å². The summed E-state index contributed by atoms with van der Waals surface area (Å²) >= 11 is 0. The van der Waals surface area contributed by atoms with Crippen molar-refractivity contribution in [3.8, 4) is 0 Å². The van der Waals surface area contributed by atoms with Crippen LogP contribution in [0.4, 0.5) is 11.5 Å². The highest BCUT2D eigenvalue weighted by Gasteiger charge is 2.11. The maximum absolute atomic E-state index is 11.4. The minimum atomic E-state index is -0.373. The van der Waals surface area contributed by atoms with E-state index in [1.54, 1.807) is 28.9 Å². The van der Waals surface area contributed by atoms with E-state index < -0.39 is 0 Å². The first-order chi connectivity index (χ1) is 10.7. The fourth-order valence-electron chi connectivity index (χ4n) is 2.04. The van der Waals surface area contributed by atoms with Crippen LogP contribution >= 0.6 is 0 Å². The number of fused-ring (bicyclic) bond motifs is 1. The summed E-state index contributed by atoms with van der Waals surface area (Å²) in [6.45, 7) is 2.65. The van der Waals surface area contributed by atoms with Gasteiger partial charge in [-0.05, 0) is 31.2 Å². The van der Waals surface area contributed by atoms with Crippen LogP contribution < -0.4 is 5.32 Å². The largest absolute Gasteiger partial charge is 0.465 e. The van der Waals surface area contributed by atoms with E-state index in [0.717, 1.165) is 5.69 Å². The molecule has 22 heavy (non-hydrogen) atoms. The summed E-state index contributed by atoms with van der Waals surface area (Å²) in [4.78, 5) is 19.8. The zero-order chi connectivity index (χ0) is 15.5. The minimum Gasteiger partial charge on any atom is -0.465 e. The standard InChI is InChI=1S/C14H14N6O2/c1-3-20-13-11(18-19-20)12(15-8-16-13)17-10-6-4-9(5-7-10)14(21)22-2/h4-8H,3H2,1-2H3,(H,15,16,17). The zero-order valence-corrected chi connectivity index (χ0v) is 12.1. The average Bonchev–Trinajstić information content (AvgIpc) is 2.99. The Balaban J connectivity index is 1.90. The molecule has 3 aromatic rings. The quantitative estimate of drug-likeness (QED) is 0.733. The van der Waals surface area contributed by atoms with Gasteiger partial charge in [0, 0.05) is 12.2 Å². The molecule has 0 aliphatic carbocycles. The van der Waals surface area contributed by atoms with E-state index >= 15 is 0 Å². The molecule has 0 saturated heterocycles. The van der Waals surface area contributed by atoms with E-state index in [0.29, 0.717) is 29.1 Å².